The standard InChI is InChI=1S/C10H7N5O2S/c11-5-7-8(15(16)17)1-2-9(14-7)13-6-10-12-3-4-18-10/h1-4H,6H2,(H,13,14). The predicted octanol–water partition coefficient (Wildman–Crippen LogP) is 1.93. The minimum Gasteiger partial charge on any atom is -0.364 e. The summed E-state index contributed by atoms with van der Waals surface area (Å²) in [7, 11) is 0. The summed E-state index contributed by atoms with van der Waals surface area (Å²) in [6.07, 6.45) is 1.69. The van der Waals surface area contributed by atoms with Gasteiger partial charge in [0, 0.05) is 17.6 Å². The zero-order valence-electron chi connectivity index (χ0n) is 9.03. The maximum Gasteiger partial charge on any atom is 0.305 e. The van der Waals surface area contributed by atoms with Crippen molar-refractivity contribution in [2.45, 2.75) is 6.54 Å². The molecule has 2 heterocycles. The van der Waals surface area contributed by atoms with E-state index in [-0.39, 0.29) is 11.4 Å². The molecule has 7 nitrogen and oxygen atoms in total. The zero-order valence-corrected chi connectivity index (χ0v) is 9.85. The molecule has 0 spiro atoms. The summed E-state index contributed by atoms with van der Waals surface area (Å²) in [5.41, 5.74) is -0.499. The Morgan fingerprint density at radius 3 is 3.00 bits per heavy atom. The van der Waals surface area contributed by atoms with Crippen LogP contribution in [0.15, 0.2) is 23.7 Å². The highest BCUT2D eigenvalue weighted by molar-refractivity contribution is 7.09. The lowest BCUT2D eigenvalue weighted by atomic mass is 10.3. The van der Waals surface area contributed by atoms with Gasteiger partial charge in [-0.05, 0) is 6.07 Å². The summed E-state index contributed by atoms with van der Waals surface area (Å²) in [6.45, 7) is 0.466. The SMILES string of the molecule is N#Cc1nc(NCc2nccs2)ccc1[N+](=O)[O-]. The van der Waals surface area contributed by atoms with Gasteiger partial charge in [0.15, 0.2) is 0 Å². The maximum absolute atomic E-state index is 10.6. The van der Waals surface area contributed by atoms with Crippen LogP contribution in [-0.2, 0) is 6.54 Å². The Kier molecular flexibility index (Phi) is 3.45. The maximum atomic E-state index is 10.6. The first-order valence-electron chi connectivity index (χ1n) is 4.88. The van der Waals surface area contributed by atoms with Gasteiger partial charge in [0.05, 0.1) is 11.5 Å². The normalized spacial score (nSPS) is 9.72. The molecule has 8 heteroatoms. The number of hydrogen-bond acceptors (Lipinski definition) is 7. The molecule has 2 rings (SSSR count). The largest absolute Gasteiger partial charge is 0.364 e. The molecule has 0 amide bonds. The molecule has 0 saturated carbocycles. The summed E-state index contributed by atoms with van der Waals surface area (Å²) < 4.78 is 0. The third-order valence-electron chi connectivity index (χ3n) is 2.08. The van der Waals surface area contributed by atoms with Gasteiger partial charge in [-0.25, -0.2) is 9.97 Å². The van der Waals surface area contributed by atoms with E-state index in [0.717, 1.165) is 5.01 Å². The number of thiazole rings is 1. The molecule has 0 atom stereocenters. The average Bonchev–Trinajstić information content (AvgIpc) is 2.88. The highest BCUT2D eigenvalue weighted by atomic mass is 32.1. The van der Waals surface area contributed by atoms with Crippen molar-refractivity contribution < 1.29 is 4.92 Å². The lowest BCUT2D eigenvalue weighted by Crippen LogP contribution is -2.03. The van der Waals surface area contributed by atoms with Gasteiger partial charge in [0.25, 0.3) is 0 Å². The summed E-state index contributed by atoms with van der Waals surface area (Å²) in [4.78, 5) is 17.9. The summed E-state index contributed by atoms with van der Waals surface area (Å²) in [6, 6.07) is 4.43. The van der Waals surface area contributed by atoms with E-state index < -0.39 is 4.92 Å². The second-order valence-electron chi connectivity index (χ2n) is 3.21. The number of rotatable bonds is 4. The van der Waals surface area contributed by atoms with Crippen molar-refractivity contribution in [2.75, 3.05) is 5.32 Å². The second kappa shape index (κ2) is 5.20. The highest BCUT2D eigenvalue weighted by Gasteiger charge is 2.15. The van der Waals surface area contributed by atoms with Crippen LogP contribution in [0.2, 0.25) is 0 Å². The molecule has 0 unspecified atom stereocenters. The molecule has 0 aromatic carbocycles. The van der Waals surface area contributed by atoms with Gasteiger partial charge in [0.1, 0.15) is 16.9 Å². The van der Waals surface area contributed by atoms with Crippen LogP contribution in [0.4, 0.5) is 11.5 Å². The lowest BCUT2D eigenvalue weighted by Gasteiger charge is -2.03. The fourth-order valence-electron chi connectivity index (χ4n) is 1.29. The number of nitriles is 1. The molecule has 90 valence electrons. The Bertz CT molecular complexity index is 605. The molecular formula is C10H7N5O2S. The minimum atomic E-state index is -0.629. The van der Waals surface area contributed by atoms with Crippen LogP contribution >= 0.6 is 11.3 Å². The Balaban J connectivity index is 2.15. The van der Waals surface area contributed by atoms with Gasteiger partial charge in [-0.15, -0.1) is 11.3 Å². The Hall–Kier alpha value is -2.53. The van der Waals surface area contributed by atoms with Crippen LogP contribution < -0.4 is 5.32 Å². The Labute approximate surface area is 106 Å². The third-order valence-corrected chi connectivity index (χ3v) is 2.86. The third kappa shape index (κ3) is 2.58. The van der Waals surface area contributed by atoms with Crippen LogP contribution in [0.3, 0.4) is 0 Å². The number of aromatic nitrogens is 2. The molecule has 0 saturated heterocycles. The summed E-state index contributed by atoms with van der Waals surface area (Å²) >= 11 is 1.49. The van der Waals surface area contributed by atoms with Gasteiger partial charge in [-0.1, -0.05) is 0 Å². The monoisotopic (exact) mass is 261 g/mol. The van der Waals surface area contributed by atoms with E-state index in [9.17, 15) is 10.1 Å². The first-order chi connectivity index (χ1) is 8.70. The van der Waals surface area contributed by atoms with Gasteiger partial charge >= 0.3 is 5.69 Å². The van der Waals surface area contributed by atoms with E-state index in [4.69, 9.17) is 5.26 Å². The molecule has 18 heavy (non-hydrogen) atoms. The first-order valence-corrected chi connectivity index (χ1v) is 5.76. The number of nitro groups is 1. The topological polar surface area (TPSA) is 105 Å². The molecule has 0 radical (unpaired) electrons. The smallest absolute Gasteiger partial charge is 0.305 e. The Morgan fingerprint density at radius 2 is 2.39 bits per heavy atom. The van der Waals surface area contributed by atoms with Crippen molar-refractivity contribution in [1.29, 1.82) is 5.26 Å². The van der Waals surface area contributed by atoms with Crippen LogP contribution in [0.25, 0.3) is 0 Å². The van der Waals surface area contributed by atoms with E-state index in [1.165, 1.54) is 23.5 Å². The first kappa shape index (κ1) is 11.9. The predicted molar refractivity (Wildman–Crippen MR) is 65.0 cm³/mol. The van der Waals surface area contributed by atoms with Crippen molar-refractivity contribution in [1.82, 2.24) is 9.97 Å². The molecule has 0 aliphatic rings. The summed E-state index contributed by atoms with van der Waals surface area (Å²) in [5.74, 6) is 0.410. The van der Waals surface area contributed by atoms with E-state index in [0.29, 0.717) is 12.4 Å². The van der Waals surface area contributed by atoms with Gasteiger partial charge < -0.3 is 5.32 Å². The van der Waals surface area contributed by atoms with Crippen molar-refractivity contribution in [2.24, 2.45) is 0 Å². The van der Waals surface area contributed by atoms with E-state index in [2.05, 4.69) is 15.3 Å². The molecule has 0 aliphatic heterocycles. The lowest BCUT2D eigenvalue weighted by molar-refractivity contribution is -0.385. The number of nitrogens with zero attached hydrogens (tertiary/aromatic N) is 4. The second-order valence-corrected chi connectivity index (χ2v) is 4.19. The van der Waals surface area contributed by atoms with Gasteiger partial charge in [-0.2, -0.15) is 5.26 Å². The van der Waals surface area contributed by atoms with Crippen LogP contribution in [0.1, 0.15) is 10.7 Å². The van der Waals surface area contributed by atoms with Crippen LogP contribution in [-0.4, -0.2) is 14.9 Å². The van der Waals surface area contributed by atoms with Gasteiger partial charge in [-0.3, -0.25) is 10.1 Å². The molecule has 1 N–H and O–H groups in total. The van der Waals surface area contributed by atoms with Crippen molar-refractivity contribution in [3.05, 3.63) is 44.5 Å². The van der Waals surface area contributed by atoms with Crippen LogP contribution in [0.5, 0.6) is 0 Å². The fourth-order valence-corrected chi connectivity index (χ4v) is 1.84. The molecule has 0 aliphatic carbocycles. The number of hydrogen-bond donors (Lipinski definition) is 1. The molecule has 2 aromatic rings. The summed E-state index contributed by atoms with van der Waals surface area (Å²) in [5, 5.41) is 25.1. The number of anilines is 1. The van der Waals surface area contributed by atoms with Gasteiger partial charge in [0.2, 0.25) is 5.69 Å². The van der Waals surface area contributed by atoms with E-state index >= 15 is 0 Å². The van der Waals surface area contributed by atoms with Crippen molar-refractivity contribution >= 4 is 22.8 Å². The average molecular weight is 261 g/mol. The van der Waals surface area contributed by atoms with Crippen molar-refractivity contribution in [3.63, 3.8) is 0 Å². The molecule has 2 aromatic heterocycles. The Morgan fingerprint density at radius 1 is 1.56 bits per heavy atom. The highest BCUT2D eigenvalue weighted by Crippen LogP contribution is 2.18. The fraction of sp³-hybridized carbons (Fsp3) is 0.100. The quantitative estimate of drug-likeness (QED) is 0.666. The van der Waals surface area contributed by atoms with Crippen molar-refractivity contribution in [3.8, 4) is 6.07 Å². The minimum absolute atomic E-state index is 0.205. The molecule has 0 fully saturated rings. The molecular weight excluding hydrogens is 254 g/mol. The number of pyridine rings is 1. The van der Waals surface area contributed by atoms with E-state index in [1.807, 2.05) is 5.38 Å². The zero-order chi connectivity index (χ0) is 13.0. The number of nitrogens with one attached hydrogen (secondary N) is 1. The molecule has 0 bridgehead atoms. The van der Waals surface area contributed by atoms with Crippen LogP contribution in [0, 0.1) is 21.4 Å². The van der Waals surface area contributed by atoms with E-state index in [1.54, 1.807) is 12.3 Å².